The number of nitrogens with one attached hydrogen (secondary N) is 2. The molecule has 1 aromatic heterocycles. The molecule has 11 heavy (non-hydrogen) atoms. The van der Waals surface area contributed by atoms with Crippen LogP contribution >= 0.6 is 0 Å². The van der Waals surface area contributed by atoms with E-state index >= 15 is 0 Å². The summed E-state index contributed by atoms with van der Waals surface area (Å²) in [5.74, 6) is 0. The number of rotatable bonds is 2. The second kappa shape index (κ2) is 2.70. The summed E-state index contributed by atoms with van der Waals surface area (Å²) >= 11 is 0. The molecule has 0 fully saturated rings. The molecule has 2 heteroatoms. The van der Waals surface area contributed by atoms with Gasteiger partial charge in [-0.25, -0.2) is 0 Å². The summed E-state index contributed by atoms with van der Waals surface area (Å²) in [6.07, 6.45) is 6.74. The van der Waals surface area contributed by atoms with E-state index < -0.39 is 0 Å². The summed E-state index contributed by atoms with van der Waals surface area (Å²) in [4.78, 5) is 3.15. The Morgan fingerprint density at radius 2 is 2.55 bits per heavy atom. The van der Waals surface area contributed by atoms with Gasteiger partial charge in [-0.2, -0.15) is 0 Å². The zero-order valence-corrected chi connectivity index (χ0v) is 6.85. The first kappa shape index (κ1) is 6.92. The molecule has 1 aromatic rings. The Hall–Kier alpha value is -0.760. The highest BCUT2D eigenvalue weighted by Gasteiger charge is 2.21. The predicted octanol–water partition coefficient (Wildman–Crippen LogP) is 1.61. The summed E-state index contributed by atoms with van der Waals surface area (Å²) in [6.45, 7) is 3.22. The molecule has 0 aromatic carbocycles. The van der Waals surface area contributed by atoms with E-state index in [2.05, 4.69) is 29.6 Å². The third-order valence-corrected chi connectivity index (χ3v) is 2.40. The summed E-state index contributed by atoms with van der Waals surface area (Å²) in [5.41, 5.74) is 2.97. The summed E-state index contributed by atoms with van der Waals surface area (Å²) in [6, 6.07) is 0.612. The molecule has 0 bridgehead atoms. The van der Waals surface area contributed by atoms with Crippen LogP contribution in [-0.4, -0.2) is 11.5 Å². The summed E-state index contributed by atoms with van der Waals surface area (Å²) < 4.78 is 0. The van der Waals surface area contributed by atoms with E-state index in [1.54, 1.807) is 0 Å². The Kier molecular flexibility index (Phi) is 1.70. The highest BCUT2D eigenvalue weighted by molar-refractivity contribution is 5.31. The van der Waals surface area contributed by atoms with Gasteiger partial charge < -0.3 is 10.3 Å². The molecule has 0 radical (unpaired) electrons. The Balaban J connectivity index is 2.18. The van der Waals surface area contributed by atoms with Crippen molar-refractivity contribution in [3.8, 4) is 0 Å². The normalized spacial score (nSPS) is 22.1. The standard InChI is InChI=1S/C9H14N2/c1-2-11-9-4-3-7-5-10-6-8(7)9/h5-6,9-11H,2-4H2,1H3. The van der Waals surface area contributed by atoms with Crippen molar-refractivity contribution in [3.63, 3.8) is 0 Å². The molecule has 0 aliphatic heterocycles. The van der Waals surface area contributed by atoms with Crippen molar-refractivity contribution in [2.75, 3.05) is 6.54 Å². The highest BCUT2D eigenvalue weighted by Crippen LogP contribution is 2.30. The van der Waals surface area contributed by atoms with Gasteiger partial charge in [-0.15, -0.1) is 0 Å². The molecule has 1 unspecified atom stereocenters. The molecule has 0 spiro atoms. The van der Waals surface area contributed by atoms with Crippen molar-refractivity contribution in [1.82, 2.24) is 10.3 Å². The molecule has 1 aliphatic carbocycles. The van der Waals surface area contributed by atoms with Gasteiger partial charge in [-0.1, -0.05) is 6.92 Å². The van der Waals surface area contributed by atoms with Crippen LogP contribution in [-0.2, 0) is 6.42 Å². The minimum absolute atomic E-state index is 0.612. The first-order valence-corrected chi connectivity index (χ1v) is 4.30. The molecule has 1 atom stereocenters. The number of aryl methyl sites for hydroxylation is 1. The van der Waals surface area contributed by atoms with Crippen LogP contribution in [0.4, 0.5) is 0 Å². The molecule has 0 amide bonds. The average Bonchev–Trinajstić information content (AvgIpc) is 2.53. The fourth-order valence-electron chi connectivity index (χ4n) is 1.86. The van der Waals surface area contributed by atoms with Crippen LogP contribution in [0.3, 0.4) is 0 Å². The van der Waals surface area contributed by atoms with Crippen LogP contribution in [0, 0.1) is 0 Å². The van der Waals surface area contributed by atoms with Crippen LogP contribution in [0.2, 0.25) is 0 Å². The van der Waals surface area contributed by atoms with Gasteiger partial charge in [-0.05, 0) is 30.5 Å². The molecule has 0 saturated carbocycles. The lowest BCUT2D eigenvalue weighted by Crippen LogP contribution is -2.17. The minimum Gasteiger partial charge on any atom is -0.367 e. The third-order valence-electron chi connectivity index (χ3n) is 2.40. The first-order chi connectivity index (χ1) is 5.42. The highest BCUT2D eigenvalue weighted by atomic mass is 14.9. The van der Waals surface area contributed by atoms with Crippen LogP contribution in [0.5, 0.6) is 0 Å². The Morgan fingerprint density at radius 3 is 3.36 bits per heavy atom. The van der Waals surface area contributed by atoms with Crippen molar-refractivity contribution in [2.45, 2.75) is 25.8 Å². The third kappa shape index (κ3) is 1.07. The van der Waals surface area contributed by atoms with E-state index in [9.17, 15) is 0 Å². The SMILES string of the molecule is CCNC1CCc2c[nH]cc21. The maximum Gasteiger partial charge on any atom is 0.0340 e. The average molecular weight is 150 g/mol. The van der Waals surface area contributed by atoms with Crippen LogP contribution in [0.15, 0.2) is 12.4 Å². The lowest BCUT2D eigenvalue weighted by molar-refractivity contribution is 0.548. The van der Waals surface area contributed by atoms with E-state index in [0.29, 0.717) is 6.04 Å². The number of H-pyrrole nitrogens is 1. The number of aromatic amines is 1. The van der Waals surface area contributed by atoms with Crippen LogP contribution in [0.25, 0.3) is 0 Å². The number of aromatic nitrogens is 1. The fourth-order valence-corrected chi connectivity index (χ4v) is 1.86. The largest absolute Gasteiger partial charge is 0.367 e. The van der Waals surface area contributed by atoms with Crippen LogP contribution < -0.4 is 5.32 Å². The van der Waals surface area contributed by atoms with Crippen molar-refractivity contribution in [1.29, 1.82) is 0 Å². The number of hydrogen-bond donors (Lipinski definition) is 2. The van der Waals surface area contributed by atoms with E-state index in [1.165, 1.54) is 24.0 Å². The van der Waals surface area contributed by atoms with E-state index in [1.807, 2.05) is 0 Å². The molecular weight excluding hydrogens is 136 g/mol. The maximum atomic E-state index is 3.47. The van der Waals surface area contributed by atoms with Gasteiger partial charge in [0, 0.05) is 18.4 Å². The number of hydrogen-bond acceptors (Lipinski definition) is 1. The Labute approximate surface area is 67.0 Å². The van der Waals surface area contributed by atoms with E-state index in [4.69, 9.17) is 0 Å². The Bertz CT molecular complexity index is 239. The van der Waals surface area contributed by atoms with Gasteiger partial charge in [0.2, 0.25) is 0 Å². The Morgan fingerprint density at radius 1 is 1.64 bits per heavy atom. The number of fused-ring (bicyclic) bond motifs is 1. The van der Waals surface area contributed by atoms with Gasteiger partial charge in [-0.3, -0.25) is 0 Å². The fraction of sp³-hybridized carbons (Fsp3) is 0.556. The zero-order valence-electron chi connectivity index (χ0n) is 6.85. The van der Waals surface area contributed by atoms with E-state index in [0.717, 1.165) is 6.54 Å². The van der Waals surface area contributed by atoms with E-state index in [-0.39, 0.29) is 0 Å². The predicted molar refractivity (Wildman–Crippen MR) is 45.5 cm³/mol. The van der Waals surface area contributed by atoms with Crippen molar-refractivity contribution >= 4 is 0 Å². The monoisotopic (exact) mass is 150 g/mol. The zero-order chi connectivity index (χ0) is 7.68. The van der Waals surface area contributed by atoms with Crippen molar-refractivity contribution < 1.29 is 0 Å². The molecule has 2 rings (SSSR count). The maximum absolute atomic E-state index is 3.47. The molecule has 2 N–H and O–H groups in total. The quantitative estimate of drug-likeness (QED) is 0.658. The second-order valence-electron chi connectivity index (χ2n) is 3.08. The lowest BCUT2D eigenvalue weighted by Gasteiger charge is -2.09. The molecule has 60 valence electrons. The van der Waals surface area contributed by atoms with Gasteiger partial charge in [0.1, 0.15) is 0 Å². The van der Waals surface area contributed by atoms with Gasteiger partial charge in [0.05, 0.1) is 0 Å². The molecule has 1 aliphatic rings. The summed E-state index contributed by atoms with van der Waals surface area (Å²) in [5, 5.41) is 3.47. The lowest BCUT2D eigenvalue weighted by atomic mass is 10.2. The van der Waals surface area contributed by atoms with Crippen molar-refractivity contribution in [2.24, 2.45) is 0 Å². The summed E-state index contributed by atoms with van der Waals surface area (Å²) in [7, 11) is 0. The smallest absolute Gasteiger partial charge is 0.0340 e. The van der Waals surface area contributed by atoms with Gasteiger partial charge >= 0.3 is 0 Å². The second-order valence-corrected chi connectivity index (χ2v) is 3.08. The van der Waals surface area contributed by atoms with Gasteiger partial charge in [0.15, 0.2) is 0 Å². The van der Waals surface area contributed by atoms with Gasteiger partial charge in [0.25, 0.3) is 0 Å². The van der Waals surface area contributed by atoms with Crippen molar-refractivity contribution in [3.05, 3.63) is 23.5 Å². The first-order valence-electron chi connectivity index (χ1n) is 4.30. The molecule has 1 heterocycles. The molecule has 2 nitrogen and oxygen atoms in total. The molecular formula is C9H14N2. The minimum atomic E-state index is 0.612. The van der Waals surface area contributed by atoms with Crippen LogP contribution in [0.1, 0.15) is 30.5 Å². The topological polar surface area (TPSA) is 27.8 Å². The molecule has 0 saturated heterocycles.